The highest BCUT2D eigenvalue weighted by molar-refractivity contribution is 9.11. The van der Waals surface area contributed by atoms with Crippen LogP contribution < -0.4 is 29.1 Å². The number of rotatable bonds is 10. The summed E-state index contributed by atoms with van der Waals surface area (Å²) in [5, 5.41) is 4.00. The molecule has 1 amide bonds. The second-order valence-corrected chi connectivity index (χ2v) is 9.73. The zero-order valence-corrected chi connectivity index (χ0v) is 24.6. The van der Waals surface area contributed by atoms with Gasteiger partial charge < -0.3 is 23.7 Å². The molecule has 0 spiro atoms. The van der Waals surface area contributed by atoms with E-state index in [4.69, 9.17) is 23.7 Å². The van der Waals surface area contributed by atoms with Crippen molar-refractivity contribution in [3.8, 4) is 28.7 Å². The number of methoxy groups -OCH3 is 3. The molecule has 0 aromatic heterocycles. The fourth-order valence-corrected chi connectivity index (χ4v) is 4.69. The van der Waals surface area contributed by atoms with Gasteiger partial charge in [0.25, 0.3) is 5.91 Å². The Morgan fingerprint density at radius 3 is 2.21 bits per heavy atom. The summed E-state index contributed by atoms with van der Waals surface area (Å²) in [4.78, 5) is 25.3. The molecule has 0 heterocycles. The van der Waals surface area contributed by atoms with Gasteiger partial charge in [0.15, 0.2) is 23.9 Å². The van der Waals surface area contributed by atoms with Crippen LogP contribution in [0.5, 0.6) is 28.7 Å². The molecule has 0 radical (unpaired) electrons. The lowest BCUT2D eigenvalue weighted by Gasteiger charge is -2.15. The summed E-state index contributed by atoms with van der Waals surface area (Å²) in [6.45, 7) is 3.63. The molecular weight excluding hydrogens is 624 g/mol. The summed E-state index contributed by atoms with van der Waals surface area (Å²) >= 11 is 6.83. The van der Waals surface area contributed by atoms with E-state index in [0.29, 0.717) is 37.5 Å². The van der Waals surface area contributed by atoms with Crippen LogP contribution in [0, 0.1) is 13.8 Å². The normalized spacial score (nSPS) is 10.7. The molecule has 38 heavy (non-hydrogen) atoms. The van der Waals surface area contributed by atoms with Gasteiger partial charge in [0.05, 0.1) is 37.6 Å². The maximum absolute atomic E-state index is 13.1. The molecule has 200 valence electrons. The third kappa shape index (κ3) is 7.26. The van der Waals surface area contributed by atoms with Gasteiger partial charge in [-0.3, -0.25) is 4.79 Å². The van der Waals surface area contributed by atoms with Gasteiger partial charge in [-0.2, -0.15) is 5.10 Å². The summed E-state index contributed by atoms with van der Waals surface area (Å²) in [6, 6.07) is 12.1. The quantitative estimate of drug-likeness (QED) is 0.132. The molecule has 0 aliphatic heterocycles. The predicted octanol–water partition coefficient (Wildman–Crippen LogP) is 5.60. The average Bonchev–Trinajstić information content (AvgIpc) is 2.89. The SMILES string of the molecule is COc1cc(C(=O)Oc2c(Br)cc(Br)cc2/C=N/NC(=O)COc2cc(C)ccc2C)cc(OC)c1OC. The first kappa shape index (κ1) is 29.0. The number of aryl methyl sites for hydroxylation is 2. The first-order valence-electron chi connectivity index (χ1n) is 11.2. The molecule has 0 fully saturated rings. The van der Waals surface area contributed by atoms with Gasteiger partial charge in [-0.15, -0.1) is 0 Å². The maximum Gasteiger partial charge on any atom is 0.343 e. The van der Waals surface area contributed by atoms with Crippen molar-refractivity contribution in [2.24, 2.45) is 5.10 Å². The summed E-state index contributed by atoms with van der Waals surface area (Å²) < 4.78 is 28.4. The van der Waals surface area contributed by atoms with E-state index in [0.717, 1.165) is 11.1 Å². The van der Waals surface area contributed by atoms with E-state index in [9.17, 15) is 9.59 Å². The van der Waals surface area contributed by atoms with Crippen molar-refractivity contribution in [2.75, 3.05) is 27.9 Å². The fraction of sp³-hybridized carbons (Fsp3) is 0.222. The smallest absolute Gasteiger partial charge is 0.343 e. The van der Waals surface area contributed by atoms with Crippen molar-refractivity contribution in [3.05, 3.63) is 73.7 Å². The number of hydrogen-bond acceptors (Lipinski definition) is 8. The molecule has 0 atom stereocenters. The van der Waals surface area contributed by atoms with Crippen LogP contribution in [0.4, 0.5) is 0 Å². The molecule has 3 aromatic carbocycles. The van der Waals surface area contributed by atoms with Gasteiger partial charge in [-0.25, -0.2) is 10.2 Å². The van der Waals surface area contributed by atoms with Crippen LogP contribution in [0.2, 0.25) is 0 Å². The van der Waals surface area contributed by atoms with Crippen molar-refractivity contribution in [2.45, 2.75) is 13.8 Å². The standard InChI is InChI=1S/C27H26Br2N2O7/c1-15-6-7-16(2)21(8-15)37-14-24(32)31-30-13-18-9-19(28)12-20(29)25(18)38-27(33)17-10-22(34-3)26(36-5)23(11-17)35-4/h6-13H,14H2,1-5H3,(H,31,32)/b30-13+. The third-order valence-corrected chi connectivity index (χ3v) is 6.27. The fourth-order valence-electron chi connectivity index (χ4n) is 3.35. The van der Waals surface area contributed by atoms with Crippen molar-refractivity contribution < 1.29 is 33.3 Å². The molecule has 0 bridgehead atoms. The van der Waals surface area contributed by atoms with Crippen LogP contribution in [0.3, 0.4) is 0 Å². The Labute approximate surface area is 237 Å². The van der Waals surface area contributed by atoms with E-state index in [-0.39, 0.29) is 17.9 Å². The highest BCUT2D eigenvalue weighted by atomic mass is 79.9. The Kier molecular flexibility index (Phi) is 10.1. The zero-order chi connectivity index (χ0) is 27.8. The molecule has 0 saturated carbocycles. The second kappa shape index (κ2) is 13.3. The molecule has 0 aliphatic carbocycles. The molecule has 9 nitrogen and oxygen atoms in total. The number of halogens is 2. The minimum absolute atomic E-state index is 0.175. The lowest BCUT2D eigenvalue weighted by atomic mass is 10.1. The zero-order valence-electron chi connectivity index (χ0n) is 21.4. The Morgan fingerprint density at radius 2 is 1.58 bits per heavy atom. The number of carbonyl (C=O) groups is 2. The molecule has 11 heteroatoms. The topological polar surface area (TPSA) is 105 Å². The van der Waals surface area contributed by atoms with Crippen molar-refractivity contribution in [3.63, 3.8) is 0 Å². The molecule has 0 unspecified atom stereocenters. The maximum atomic E-state index is 13.1. The van der Waals surface area contributed by atoms with Crippen LogP contribution in [0.1, 0.15) is 27.0 Å². The van der Waals surface area contributed by atoms with Gasteiger partial charge in [0.2, 0.25) is 5.75 Å². The van der Waals surface area contributed by atoms with Crippen LogP contribution in [0.15, 0.2) is 56.5 Å². The summed E-state index contributed by atoms with van der Waals surface area (Å²) in [7, 11) is 4.37. The van der Waals surface area contributed by atoms with E-state index in [1.807, 2.05) is 32.0 Å². The highest BCUT2D eigenvalue weighted by Gasteiger charge is 2.20. The molecule has 0 saturated heterocycles. The third-order valence-electron chi connectivity index (χ3n) is 5.23. The van der Waals surface area contributed by atoms with Crippen molar-refractivity contribution >= 4 is 50.0 Å². The molecular formula is C27H26Br2N2O7. The number of benzene rings is 3. The number of nitrogens with one attached hydrogen (secondary N) is 1. The Balaban J connectivity index is 1.76. The minimum Gasteiger partial charge on any atom is -0.493 e. The molecule has 0 aliphatic rings. The number of amides is 1. The molecule has 3 aromatic rings. The Bertz CT molecular complexity index is 1350. The van der Waals surface area contributed by atoms with Crippen LogP contribution in [-0.2, 0) is 4.79 Å². The highest BCUT2D eigenvalue weighted by Crippen LogP contribution is 2.39. The number of nitrogens with zero attached hydrogens (tertiary/aromatic N) is 1. The Hall–Kier alpha value is -3.57. The van der Waals surface area contributed by atoms with Crippen molar-refractivity contribution in [1.82, 2.24) is 5.43 Å². The van der Waals surface area contributed by atoms with E-state index in [2.05, 4.69) is 42.4 Å². The lowest BCUT2D eigenvalue weighted by molar-refractivity contribution is -0.123. The minimum atomic E-state index is -0.673. The first-order chi connectivity index (χ1) is 18.2. The van der Waals surface area contributed by atoms with Gasteiger partial charge in [0.1, 0.15) is 5.75 Å². The largest absolute Gasteiger partial charge is 0.493 e. The average molecular weight is 650 g/mol. The van der Waals surface area contributed by atoms with E-state index < -0.39 is 11.9 Å². The van der Waals surface area contributed by atoms with Crippen LogP contribution >= 0.6 is 31.9 Å². The van der Waals surface area contributed by atoms with Gasteiger partial charge >= 0.3 is 5.97 Å². The summed E-state index contributed by atoms with van der Waals surface area (Å²) in [6.07, 6.45) is 1.36. The number of hydrazone groups is 1. The summed E-state index contributed by atoms with van der Waals surface area (Å²) in [5.41, 5.74) is 4.96. The number of esters is 1. The van der Waals surface area contributed by atoms with E-state index >= 15 is 0 Å². The molecule has 3 rings (SSSR count). The first-order valence-corrected chi connectivity index (χ1v) is 12.8. The van der Waals surface area contributed by atoms with Crippen molar-refractivity contribution in [1.29, 1.82) is 0 Å². The summed E-state index contributed by atoms with van der Waals surface area (Å²) in [5.74, 6) is 0.654. The van der Waals surface area contributed by atoms with Gasteiger partial charge in [-0.05, 0) is 71.2 Å². The molecule has 1 N–H and O–H groups in total. The number of hydrogen-bond donors (Lipinski definition) is 1. The monoisotopic (exact) mass is 648 g/mol. The number of carbonyl (C=O) groups excluding carboxylic acids is 2. The number of ether oxygens (including phenoxy) is 5. The second-order valence-electron chi connectivity index (χ2n) is 7.96. The van der Waals surface area contributed by atoms with E-state index in [1.54, 1.807) is 12.1 Å². The predicted molar refractivity (Wildman–Crippen MR) is 150 cm³/mol. The van der Waals surface area contributed by atoms with Crippen LogP contribution in [-0.4, -0.2) is 46.0 Å². The van der Waals surface area contributed by atoms with Gasteiger partial charge in [0, 0.05) is 10.0 Å². The Morgan fingerprint density at radius 1 is 0.895 bits per heavy atom. The lowest BCUT2D eigenvalue weighted by Crippen LogP contribution is -2.24. The van der Waals surface area contributed by atoms with Gasteiger partial charge in [-0.1, -0.05) is 28.1 Å². The van der Waals surface area contributed by atoms with E-state index in [1.165, 1.54) is 39.7 Å². The van der Waals surface area contributed by atoms with Crippen LogP contribution in [0.25, 0.3) is 0 Å².